The Morgan fingerprint density at radius 3 is 2.46 bits per heavy atom. The molecular formula is C19H24Cl2N4O. The quantitative estimate of drug-likeness (QED) is 0.696. The highest BCUT2D eigenvalue weighted by Gasteiger charge is 2.15. The number of hydrogen-bond donors (Lipinski definition) is 2. The van der Waals surface area contributed by atoms with Gasteiger partial charge in [-0.1, -0.05) is 42.0 Å². The van der Waals surface area contributed by atoms with Crippen LogP contribution in [-0.2, 0) is 11.3 Å². The van der Waals surface area contributed by atoms with Gasteiger partial charge >= 0.3 is 0 Å². The maximum absolute atomic E-state index is 12.2. The maximum atomic E-state index is 12.2. The SMILES string of the molecule is Cc1ccc(C(N)C(=O)NCCn2c(C)nc3ccccc32)cc1.Cl.Cl. The van der Waals surface area contributed by atoms with E-state index in [0.29, 0.717) is 13.1 Å². The third-order valence-electron chi connectivity index (χ3n) is 4.20. The molecule has 1 atom stereocenters. The van der Waals surface area contributed by atoms with Gasteiger partial charge in [-0.3, -0.25) is 4.79 Å². The Kier molecular flexibility index (Phi) is 8.08. The molecule has 0 aliphatic heterocycles. The predicted octanol–water partition coefficient (Wildman–Crippen LogP) is 3.31. The van der Waals surface area contributed by atoms with Gasteiger partial charge in [-0.05, 0) is 31.5 Å². The number of amides is 1. The Bertz CT molecular complexity index is 862. The molecule has 5 nitrogen and oxygen atoms in total. The second kappa shape index (κ2) is 9.57. The van der Waals surface area contributed by atoms with Crippen molar-refractivity contribution >= 4 is 41.8 Å². The minimum atomic E-state index is -0.647. The topological polar surface area (TPSA) is 72.9 Å². The number of nitrogens with two attached hydrogens (primary N) is 1. The Labute approximate surface area is 165 Å². The lowest BCUT2D eigenvalue weighted by Gasteiger charge is -2.14. The number of aromatic nitrogens is 2. The van der Waals surface area contributed by atoms with Gasteiger partial charge in [-0.25, -0.2) is 4.98 Å². The fourth-order valence-electron chi connectivity index (χ4n) is 2.80. The fraction of sp³-hybridized carbons (Fsp3) is 0.263. The maximum Gasteiger partial charge on any atom is 0.241 e. The zero-order valence-corrected chi connectivity index (χ0v) is 16.4. The number of rotatable bonds is 5. The molecule has 26 heavy (non-hydrogen) atoms. The largest absolute Gasteiger partial charge is 0.353 e. The third kappa shape index (κ3) is 4.75. The predicted molar refractivity (Wildman–Crippen MR) is 110 cm³/mol. The van der Waals surface area contributed by atoms with E-state index in [1.54, 1.807) is 0 Å². The number of nitrogens with one attached hydrogen (secondary N) is 1. The minimum absolute atomic E-state index is 0. The standard InChI is InChI=1S/C19H22N4O.2ClH/c1-13-7-9-15(10-8-13)18(20)19(24)21-11-12-23-14(2)22-16-5-3-4-6-17(16)23;;/h3-10,18H,11-12,20H2,1-2H3,(H,21,24);2*1H. The second-order valence-electron chi connectivity index (χ2n) is 5.98. The molecule has 140 valence electrons. The van der Waals surface area contributed by atoms with Crippen LogP contribution >= 0.6 is 24.8 Å². The highest BCUT2D eigenvalue weighted by Crippen LogP contribution is 2.15. The van der Waals surface area contributed by atoms with Crippen LogP contribution in [-0.4, -0.2) is 22.0 Å². The van der Waals surface area contributed by atoms with Crippen molar-refractivity contribution < 1.29 is 4.79 Å². The van der Waals surface area contributed by atoms with Crippen LogP contribution in [0.4, 0.5) is 0 Å². The van der Waals surface area contributed by atoms with Crippen LogP contribution in [0.1, 0.15) is 23.0 Å². The molecule has 1 amide bonds. The minimum Gasteiger partial charge on any atom is -0.353 e. The molecule has 0 aliphatic carbocycles. The molecule has 0 spiro atoms. The summed E-state index contributed by atoms with van der Waals surface area (Å²) in [5.41, 5.74) is 10.1. The van der Waals surface area contributed by atoms with Gasteiger partial charge in [-0.2, -0.15) is 0 Å². The number of fused-ring (bicyclic) bond motifs is 1. The van der Waals surface area contributed by atoms with Gasteiger partial charge in [0.05, 0.1) is 11.0 Å². The molecule has 1 aromatic heterocycles. The lowest BCUT2D eigenvalue weighted by atomic mass is 10.1. The van der Waals surface area contributed by atoms with E-state index in [1.165, 1.54) is 0 Å². The van der Waals surface area contributed by atoms with Crippen molar-refractivity contribution in [2.75, 3.05) is 6.54 Å². The van der Waals surface area contributed by atoms with Gasteiger partial charge in [-0.15, -0.1) is 24.8 Å². The Hall–Kier alpha value is -2.08. The van der Waals surface area contributed by atoms with E-state index in [9.17, 15) is 4.79 Å². The summed E-state index contributed by atoms with van der Waals surface area (Å²) >= 11 is 0. The number of imidazole rings is 1. The van der Waals surface area contributed by atoms with Crippen LogP contribution in [0, 0.1) is 13.8 Å². The number of aryl methyl sites for hydroxylation is 2. The number of halogens is 2. The monoisotopic (exact) mass is 394 g/mol. The molecule has 3 aromatic rings. The van der Waals surface area contributed by atoms with E-state index < -0.39 is 6.04 Å². The summed E-state index contributed by atoms with van der Waals surface area (Å²) in [5.74, 6) is 0.772. The van der Waals surface area contributed by atoms with Crippen LogP contribution in [0.3, 0.4) is 0 Å². The molecule has 1 heterocycles. The molecule has 0 saturated heterocycles. The first-order valence-corrected chi connectivity index (χ1v) is 8.08. The molecule has 3 N–H and O–H groups in total. The lowest BCUT2D eigenvalue weighted by molar-refractivity contribution is -0.122. The molecule has 7 heteroatoms. The molecule has 2 aromatic carbocycles. The van der Waals surface area contributed by atoms with Crippen LogP contribution in [0.2, 0.25) is 0 Å². The van der Waals surface area contributed by atoms with E-state index in [4.69, 9.17) is 5.73 Å². The number of hydrogen-bond acceptors (Lipinski definition) is 3. The molecule has 1 unspecified atom stereocenters. The molecular weight excluding hydrogens is 371 g/mol. The van der Waals surface area contributed by atoms with Gasteiger partial charge in [0, 0.05) is 13.1 Å². The van der Waals surface area contributed by atoms with Crippen molar-refractivity contribution in [2.24, 2.45) is 5.73 Å². The normalized spacial score (nSPS) is 11.3. The van der Waals surface area contributed by atoms with Gasteiger partial charge in [0.15, 0.2) is 0 Å². The Morgan fingerprint density at radius 1 is 1.12 bits per heavy atom. The van der Waals surface area contributed by atoms with Crippen molar-refractivity contribution in [2.45, 2.75) is 26.4 Å². The molecule has 0 fully saturated rings. The number of benzene rings is 2. The summed E-state index contributed by atoms with van der Waals surface area (Å²) in [7, 11) is 0. The smallest absolute Gasteiger partial charge is 0.241 e. The second-order valence-corrected chi connectivity index (χ2v) is 5.98. The number of carbonyl (C=O) groups is 1. The summed E-state index contributed by atoms with van der Waals surface area (Å²) < 4.78 is 2.10. The summed E-state index contributed by atoms with van der Waals surface area (Å²) in [4.78, 5) is 16.8. The van der Waals surface area contributed by atoms with Crippen LogP contribution in [0.15, 0.2) is 48.5 Å². The summed E-state index contributed by atoms with van der Waals surface area (Å²) in [5, 5.41) is 2.91. The fourth-order valence-corrected chi connectivity index (χ4v) is 2.80. The molecule has 0 radical (unpaired) electrons. The van der Waals surface area contributed by atoms with E-state index in [2.05, 4.69) is 14.9 Å². The van der Waals surface area contributed by atoms with E-state index in [0.717, 1.165) is 28.0 Å². The Morgan fingerprint density at radius 2 is 1.77 bits per heavy atom. The lowest BCUT2D eigenvalue weighted by Crippen LogP contribution is -2.36. The average Bonchev–Trinajstić information content (AvgIpc) is 2.90. The first-order chi connectivity index (χ1) is 11.6. The highest BCUT2D eigenvalue weighted by molar-refractivity contribution is 5.85. The van der Waals surface area contributed by atoms with Crippen molar-refractivity contribution in [3.63, 3.8) is 0 Å². The van der Waals surface area contributed by atoms with Crippen molar-refractivity contribution in [1.82, 2.24) is 14.9 Å². The van der Waals surface area contributed by atoms with E-state index in [-0.39, 0.29) is 30.7 Å². The third-order valence-corrected chi connectivity index (χ3v) is 4.20. The van der Waals surface area contributed by atoms with Gasteiger partial charge in [0.25, 0.3) is 0 Å². The zero-order chi connectivity index (χ0) is 17.1. The molecule has 0 bridgehead atoms. The number of para-hydroxylation sites is 2. The summed E-state index contributed by atoms with van der Waals surface area (Å²) in [6.45, 7) is 5.16. The van der Waals surface area contributed by atoms with Crippen molar-refractivity contribution in [1.29, 1.82) is 0 Å². The number of nitrogens with zero attached hydrogens (tertiary/aromatic N) is 2. The van der Waals surface area contributed by atoms with Gasteiger partial charge in [0.1, 0.15) is 11.9 Å². The summed E-state index contributed by atoms with van der Waals surface area (Å²) in [6, 6.07) is 15.1. The van der Waals surface area contributed by atoms with Crippen molar-refractivity contribution in [3.05, 3.63) is 65.5 Å². The first kappa shape index (κ1) is 22.0. The summed E-state index contributed by atoms with van der Waals surface area (Å²) in [6.07, 6.45) is 0. The molecule has 3 rings (SSSR count). The van der Waals surface area contributed by atoms with Crippen LogP contribution in [0.25, 0.3) is 11.0 Å². The average molecular weight is 395 g/mol. The van der Waals surface area contributed by atoms with Crippen LogP contribution in [0.5, 0.6) is 0 Å². The van der Waals surface area contributed by atoms with Crippen molar-refractivity contribution in [3.8, 4) is 0 Å². The Balaban J connectivity index is 0.00000169. The number of carbonyl (C=O) groups excluding carboxylic acids is 1. The molecule has 0 saturated carbocycles. The van der Waals surface area contributed by atoms with E-state index >= 15 is 0 Å². The van der Waals surface area contributed by atoms with Crippen LogP contribution < -0.4 is 11.1 Å². The highest BCUT2D eigenvalue weighted by atomic mass is 35.5. The molecule has 0 aliphatic rings. The van der Waals surface area contributed by atoms with E-state index in [1.807, 2.05) is 62.4 Å². The van der Waals surface area contributed by atoms with Gasteiger partial charge < -0.3 is 15.6 Å². The first-order valence-electron chi connectivity index (χ1n) is 8.08. The van der Waals surface area contributed by atoms with Gasteiger partial charge in [0.2, 0.25) is 5.91 Å². The zero-order valence-electron chi connectivity index (χ0n) is 14.8.